The molecular weight excluding hydrogens is 544 g/mol. The quantitative estimate of drug-likeness (QED) is 0.248. The molecule has 4 rings (SSSR count). The fourth-order valence-electron chi connectivity index (χ4n) is 4.49. The molecule has 0 unspecified atom stereocenters. The summed E-state index contributed by atoms with van der Waals surface area (Å²) in [5, 5.41) is 9.73. The number of pyridine rings is 2. The van der Waals surface area contributed by atoms with Gasteiger partial charge in [0.1, 0.15) is 0 Å². The largest absolute Gasteiger partial charge is 0.504 e. The summed E-state index contributed by atoms with van der Waals surface area (Å²) in [6, 6.07) is 17.4. The van der Waals surface area contributed by atoms with Crippen molar-refractivity contribution in [3.63, 3.8) is 0 Å². The van der Waals surface area contributed by atoms with Crippen molar-refractivity contribution >= 4 is 24.6 Å². The molecule has 4 aromatic rings. The Bertz CT molecular complexity index is 1690. The summed E-state index contributed by atoms with van der Waals surface area (Å²) in [5.41, 5.74) is 5.41. The van der Waals surface area contributed by atoms with Gasteiger partial charge in [0, 0.05) is 59.4 Å². The van der Waals surface area contributed by atoms with Gasteiger partial charge in [-0.2, -0.15) is 0 Å². The number of methoxy groups -OCH3 is 2. The van der Waals surface area contributed by atoms with Crippen LogP contribution in [-0.2, 0) is 0 Å². The lowest BCUT2D eigenvalue weighted by Crippen LogP contribution is -2.08. The first kappa shape index (κ1) is 32.5. The van der Waals surface area contributed by atoms with Gasteiger partial charge in [0.2, 0.25) is 0 Å². The minimum absolute atomic E-state index is 0.00624. The number of nitrogens with zero attached hydrogens (tertiary/aromatic N) is 2. The molecule has 1 N–H and O–H groups in total. The van der Waals surface area contributed by atoms with Gasteiger partial charge in [0.05, 0.1) is 20.3 Å². The van der Waals surface area contributed by atoms with Crippen molar-refractivity contribution in [1.82, 2.24) is 9.13 Å². The molecule has 2 heterocycles. The van der Waals surface area contributed by atoms with Gasteiger partial charge in [-0.3, -0.25) is 9.59 Å². The number of aromatic nitrogens is 2. The molecule has 0 atom stereocenters. The van der Waals surface area contributed by atoms with E-state index in [4.69, 9.17) is 14.2 Å². The monoisotopic (exact) mass is 584 g/mol. The smallest absolute Gasteiger partial charge is 0.182 e. The van der Waals surface area contributed by atoms with Gasteiger partial charge in [0.15, 0.2) is 33.9 Å². The number of hydrogen-bond acceptors (Lipinski definition) is 6. The van der Waals surface area contributed by atoms with Crippen LogP contribution in [0.15, 0.2) is 70.3 Å². The van der Waals surface area contributed by atoms with E-state index >= 15 is 0 Å². The van der Waals surface area contributed by atoms with Crippen molar-refractivity contribution in [3.05, 3.63) is 115 Å². The van der Waals surface area contributed by atoms with Crippen LogP contribution in [0.1, 0.15) is 47.8 Å². The van der Waals surface area contributed by atoms with Crippen molar-refractivity contribution in [1.29, 1.82) is 0 Å². The lowest BCUT2D eigenvalue weighted by molar-refractivity contribution is 0.230. The van der Waals surface area contributed by atoms with Crippen molar-refractivity contribution < 1.29 is 19.3 Å². The number of ether oxygens (including phenoxy) is 3. The zero-order chi connectivity index (χ0) is 31.7. The number of aromatic hydroxyl groups is 1. The molecule has 2 aromatic heterocycles. The molecule has 8 heteroatoms. The zero-order valence-corrected chi connectivity index (χ0v) is 26.0. The molecular formula is C35H40N2O6. The second kappa shape index (κ2) is 14.8. The number of phenols is 1. The summed E-state index contributed by atoms with van der Waals surface area (Å²) in [5.74, 6) is 1.98. The van der Waals surface area contributed by atoms with Crippen LogP contribution >= 0.6 is 0 Å². The molecule has 43 heavy (non-hydrogen) atoms. The van der Waals surface area contributed by atoms with Crippen LogP contribution in [0.4, 0.5) is 0 Å². The Morgan fingerprint density at radius 2 is 1.05 bits per heavy atom. The van der Waals surface area contributed by atoms with Gasteiger partial charge >= 0.3 is 0 Å². The summed E-state index contributed by atoms with van der Waals surface area (Å²) in [6.45, 7) is 11.6. The van der Waals surface area contributed by atoms with E-state index in [1.807, 2.05) is 99.5 Å². The van der Waals surface area contributed by atoms with Gasteiger partial charge in [-0.1, -0.05) is 12.1 Å². The molecule has 2 aromatic carbocycles. The SMILES string of the molecule is COc1ccc(/C=C/n2c(C)cc(=O)cc2C)cc1O.COc1ccc(/C=C/n2c(C)cc(=O)cc2C)cc1OC(C)C. The standard InChI is InChI=1S/C19H23NO3.C16H17NO3/c1-13(2)23-19-12-16(6-7-18(19)22-5)8-9-20-14(3)10-17(21)11-15(20)4;1-11-8-14(18)9-12(2)17(11)7-6-13-4-5-16(20-3)15(19)10-13/h6-13H,1-5H3;4-10,19H,1-3H3/b9-8+;7-6+. The van der Waals surface area contributed by atoms with Gasteiger partial charge < -0.3 is 28.5 Å². The molecule has 226 valence electrons. The fourth-order valence-corrected chi connectivity index (χ4v) is 4.49. The fraction of sp³-hybridized carbons (Fsp3) is 0.257. The van der Waals surface area contributed by atoms with E-state index < -0.39 is 0 Å². The van der Waals surface area contributed by atoms with Crippen molar-refractivity contribution in [2.45, 2.75) is 47.6 Å². The molecule has 0 saturated heterocycles. The highest BCUT2D eigenvalue weighted by molar-refractivity contribution is 5.65. The van der Waals surface area contributed by atoms with E-state index in [2.05, 4.69) is 0 Å². The molecule has 0 amide bonds. The van der Waals surface area contributed by atoms with E-state index in [0.717, 1.165) is 39.7 Å². The molecule has 0 radical (unpaired) electrons. The molecule has 0 bridgehead atoms. The second-order valence-corrected chi connectivity index (χ2v) is 10.3. The van der Waals surface area contributed by atoms with E-state index in [-0.39, 0.29) is 22.7 Å². The third-order valence-electron chi connectivity index (χ3n) is 6.51. The Labute approximate surface area is 252 Å². The summed E-state index contributed by atoms with van der Waals surface area (Å²) in [4.78, 5) is 22.9. The summed E-state index contributed by atoms with van der Waals surface area (Å²) < 4.78 is 20.0. The molecule has 0 aliphatic carbocycles. The topological polar surface area (TPSA) is 91.9 Å². The maximum Gasteiger partial charge on any atom is 0.182 e. The lowest BCUT2D eigenvalue weighted by atomic mass is 10.2. The number of phenolic OH excluding ortho intramolecular Hbond substituents is 1. The average Bonchev–Trinajstić information content (AvgIpc) is 2.92. The second-order valence-electron chi connectivity index (χ2n) is 10.3. The molecule has 0 aliphatic heterocycles. The van der Waals surface area contributed by atoms with E-state index in [0.29, 0.717) is 11.5 Å². The molecule has 0 fully saturated rings. The van der Waals surface area contributed by atoms with E-state index in [1.54, 1.807) is 43.5 Å². The molecule has 8 nitrogen and oxygen atoms in total. The average molecular weight is 585 g/mol. The lowest BCUT2D eigenvalue weighted by Gasteiger charge is -2.14. The molecule has 0 spiro atoms. The number of rotatable bonds is 8. The maximum atomic E-state index is 11.5. The third-order valence-corrected chi connectivity index (χ3v) is 6.51. The van der Waals surface area contributed by atoms with Crippen molar-refractivity contribution in [3.8, 4) is 23.0 Å². The normalized spacial score (nSPS) is 11.1. The highest BCUT2D eigenvalue weighted by Crippen LogP contribution is 2.30. The Hall–Kier alpha value is -4.98. The maximum absolute atomic E-state index is 11.5. The summed E-state index contributed by atoms with van der Waals surface area (Å²) >= 11 is 0. The van der Waals surface area contributed by atoms with Crippen LogP contribution < -0.4 is 25.1 Å². The highest BCUT2D eigenvalue weighted by Gasteiger charge is 2.07. The summed E-state index contributed by atoms with van der Waals surface area (Å²) in [6.07, 6.45) is 7.74. The van der Waals surface area contributed by atoms with Crippen LogP contribution in [0.5, 0.6) is 23.0 Å². The highest BCUT2D eigenvalue weighted by atomic mass is 16.5. The number of benzene rings is 2. The Morgan fingerprint density at radius 1 is 0.628 bits per heavy atom. The summed E-state index contributed by atoms with van der Waals surface area (Å²) in [7, 11) is 3.14. The van der Waals surface area contributed by atoms with Gasteiger partial charge in [-0.15, -0.1) is 0 Å². The van der Waals surface area contributed by atoms with Crippen LogP contribution in [-0.4, -0.2) is 34.6 Å². The Balaban J connectivity index is 0.000000238. The van der Waals surface area contributed by atoms with Gasteiger partial charge in [-0.05, 0) is 89.1 Å². The van der Waals surface area contributed by atoms with Crippen LogP contribution in [0.2, 0.25) is 0 Å². The third kappa shape index (κ3) is 9.00. The van der Waals surface area contributed by atoms with Crippen LogP contribution in [0.3, 0.4) is 0 Å². The first-order chi connectivity index (χ1) is 20.4. The molecule has 0 aliphatic rings. The van der Waals surface area contributed by atoms with Gasteiger partial charge in [-0.25, -0.2) is 0 Å². The number of aryl methyl sites for hydroxylation is 4. The van der Waals surface area contributed by atoms with Crippen molar-refractivity contribution in [2.75, 3.05) is 14.2 Å². The van der Waals surface area contributed by atoms with E-state index in [1.165, 1.54) is 7.11 Å². The van der Waals surface area contributed by atoms with Crippen LogP contribution in [0, 0.1) is 27.7 Å². The number of hydrogen-bond donors (Lipinski definition) is 1. The first-order valence-corrected chi connectivity index (χ1v) is 13.9. The Kier molecular flexibility index (Phi) is 11.2. The molecule has 0 saturated carbocycles. The van der Waals surface area contributed by atoms with E-state index in [9.17, 15) is 14.7 Å². The van der Waals surface area contributed by atoms with Crippen LogP contribution in [0.25, 0.3) is 24.6 Å². The minimum atomic E-state index is 0.00624. The predicted octanol–water partition coefficient (Wildman–Crippen LogP) is 6.70. The minimum Gasteiger partial charge on any atom is -0.504 e. The van der Waals surface area contributed by atoms with Crippen molar-refractivity contribution in [2.24, 2.45) is 0 Å². The first-order valence-electron chi connectivity index (χ1n) is 13.9. The predicted molar refractivity (Wildman–Crippen MR) is 174 cm³/mol. The Morgan fingerprint density at radius 3 is 1.44 bits per heavy atom. The zero-order valence-electron chi connectivity index (χ0n) is 26.0. The van der Waals surface area contributed by atoms with Gasteiger partial charge in [0.25, 0.3) is 0 Å².